The number of rotatable bonds is 18. The summed E-state index contributed by atoms with van der Waals surface area (Å²) in [6.45, 7) is 15.7. The topological polar surface area (TPSA) is 40.0 Å². The summed E-state index contributed by atoms with van der Waals surface area (Å²) in [6, 6.07) is 0.860. The van der Waals surface area contributed by atoms with E-state index in [0.29, 0.717) is 19.8 Å². The average molecular weight is 388 g/mol. The zero-order chi connectivity index (χ0) is 19.7. The Kier molecular flexibility index (Phi) is 16.8. The van der Waals surface area contributed by atoms with Crippen LogP contribution < -0.4 is 0 Å². The van der Waals surface area contributed by atoms with Crippen LogP contribution >= 0.6 is 0 Å². The first-order valence-corrected chi connectivity index (χ1v) is 12.9. The largest absolute Gasteiger partial charge is 0.500 e. The predicted molar refractivity (Wildman–Crippen MR) is 115 cm³/mol. The summed E-state index contributed by atoms with van der Waals surface area (Å²) in [5.41, 5.74) is 1.41. The number of nitrogens with zero attached hydrogens (tertiary/aromatic N) is 1. The normalized spacial score (nSPS) is 14.0. The number of hydrogen-bond acceptors (Lipinski definition) is 4. The highest BCUT2D eigenvalue weighted by atomic mass is 28.4. The van der Waals surface area contributed by atoms with Gasteiger partial charge in [-0.25, -0.2) is 0 Å². The first-order valence-electron chi connectivity index (χ1n) is 11.0. The van der Waals surface area contributed by atoms with Crippen molar-refractivity contribution in [3.63, 3.8) is 0 Å². The Morgan fingerprint density at radius 1 is 0.846 bits per heavy atom. The van der Waals surface area contributed by atoms with Crippen LogP contribution in [0.1, 0.15) is 92.9 Å². The molecule has 0 N–H and O–H groups in total. The van der Waals surface area contributed by atoms with Crippen molar-refractivity contribution in [2.45, 2.75) is 99.0 Å². The second-order valence-electron chi connectivity index (χ2n) is 7.09. The minimum atomic E-state index is -2.51. The summed E-state index contributed by atoms with van der Waals surface area (Å²) in [5.74, 6) is 0.745. The molecule has 1 unspecified atom stereocenters. The minimum absolute atomic E-state index is 0.645. The number of aliphatic imine (C=N–C) groups is 1. The molecule has 0 rings (SSSR count). The van der Waals surface area contributed by atoms with Crippen molar-refractivity contribution < 1.29 is 13.3 Å². The third kappa shape index (κ3) is 12.2. The van der Waals surface area contributed by atoms with E-state index in [9.17, 15) is 0 Å². The molecule has 0 aliphatic heterocycles. The molecule has 0 aromatic carbocycles. The number of unbranched alkanes of at least 4 members (excludes halogenated alkanes) is 2. The van der Waals surface area contributed by atoms with Gasteiger partial charge in [-0.1, -0.05) is 46.5 Å². The maximum Gasteiger partial charge on any atom is 0.500 e. The summed E-state index contributed by atoms with van der Waals surface area (Å²) < 4.78 is 17.8. The average Bonchev–Trinajstić information content (AvgIpc) is 2.62. The Balaban J connectivity index is 4.64. The lowest BCUT2D eigenvalue weighted by Gasteiger charge is -2.28. The molecule has 26 heavy (non-hydrogen) atoms. The SMILES string of the molecule is CCCCC(CC(C)CCCC)=NCCC[Si](OCC)(OCC)OCC. The van der Waals surface area contributed by atoms with Gasteiger partial charge in [0, 0.05) is 38.1 Å². The van der Waals surface area contributed by atoms with Crippen molar-refractivity contribution in [2.24, 2.45) is 10.9 Å². The van der Waals surface area contributed by atoms with Gasteiger partial charge in [0.05, 0.1) is 0 Å². The van der Waals surface area contributed by atoms with Gasteiger partial charge in [0.25, 0.3) is 0 Å². The molecule has 0 fully saturated rings. The van der Waals surface area contributed by atoms with E-state index >= 15 is 0 Å². The monoisotopic (exact) mass is 387 g/mol. The van der Waals surface area contributed by atoms with E-state index in [1.807, 2.05) is 20.8 Å². The van der Waals surface area contributed by atoms with E-state index in [1.54, 1.807) is 0 Å². The lowest BCUT2D eigenvalue weighted by atomic mass is 9.95. The smallest absolute Gasteiger partial charge is 0.374 e. The predicted octanol–water partition coefficient (Wildman–Crippen LogP) is 6.27. The van der Waals surface area contributed by atoms with Gasteiger partial charge in [-0.3, -0.25) is 4.99 Å². The van der Waals surface area contributed by atoms with E-state index in [2.05, 4.69) is 20.8 Å². The van der Waals surface area contributed by atoms with Crippen LogP contribution in [0.25, 0.3) is 0 Å². The van der Waals surface area contributed by atoms with Gasteiger partial charge in [-0.15, -0.1) is 0 Å². The van der Waals surface area contributed by atoms with Crippen molar-refractivity contribution in [3.05, 3.63) is 0 Å². The molecule has 0 bridgehead atoms. The van der Waals surface area contributed by atoms with E-state index in [-0.39, 0.29) is 0 Å². The summed E-state index contributed by atoms with van der Waals surface area (Å²) in [4.78, 5) is 4.96. The molecule has 5 heteroatoms. The van der Waals surface area contributed by atoms with Crippen LogP contribution in [0.5, 0.6) is 0 Å². The highest BCUT2D eigenvalue weighted by Crippen LogP contribution is 2.19. The molecule has 0 aromatic heterocycles. The quantitative estimate of drug-likeness (QED) is 0.158. The van der Waals surface area contributed by atoms with E-state index in [1.165, 1.54) is 37.8 Å². The fourth-order valence-electron chi connectivity index (χ4n) is 3.22. The van der Waals surface area contributed by atoms with Crippen molar-refractivity contribution in [1.29, 1.82) is 0 Å². The summed E-state index contributed by atoms with van der Waals surface area (Å²) in [5, 5.41) is 0. The van der Waals surface area contributed by atoms with Gasteiger partial charge < -0.3 is 13.3 Å². The van der Waals surface area contributed by atoms with Gasteiger partial charge >= 0.3 is 8.80 Å². The molecular weight excluding hydrogens is 342 g/mol. The fraction of sp³-hybridized carbons (Fsp3) is 0.952. The fourth-order valence-corrected chi connectivity index (χ4v) is 5.81. The Hall–Kier alpha value is -0.233. The van der Waals surface area contributed by atoms with E-state index < -0.39 is 8.80 Å². The van der Waals surface area contributed by atoms with Crippen molar-refractivity contribution >= 4 is 14.5 Å². The van der Waals surface area contributed by atoms with E-state index in [4.69, 9.17) is 18.3 Å². The summed E-state index contributed by atoms with van der Waals surface area (Å²) in [7, 11) is -2.51. The van der Waals surface area contributed by atoms with Crippen molar-refractivity contribution in [3.8, 4) is 0 Å². The molecule has 156 valence electrons. The standard InChI is InChI=1S/C21H45NO3Si/c1-7-12-15-20(6)19-21(16-13-8-2)22-17-14-18-26(23-9-3,24-10-4)25-11-5/h20H,7-19H2,1-6H3. The Bertz CT molecular complexity index is 333. The molecule has 0 aliphatic rings. The van der Waals surface area contributed by atoms with Crippen molar-refractivity contribution in [1.82, 2.24) is 0 Å². The molecule has 0 radical (unpaired) electrons. The second-order valence-corrected chi connectivity index (χ2v) is 9.82. The van der Waals surface area contributed by atoms with Crippen LogP contribution in [0.15, 0.2) is 4.99 Å². The van der Waals surface area contributed by atoms with E-state index in [0.717, 1.165) is 37.8 Å². The molecule has 0 saturated carbocycles. The summed E-state index contributed by atoms with van der Waals surface area (Å²) in [6.07, 6.45) is 9.69. The zero-order valence-corrected chi connectivity index (χ0v) is 19.4. The van der Waals surface area contributed by atoms with Crippen LogP contribution in [-0.4, -0.2) is 40.9 Å². The highest BCUT2D eigenvalue weighted by molar-refractivity contribution is 6.60. The third-order valence-electron chi connectivity index (χ3n) is 4.52. The first-order chi connectivity index (χ1) is 12.6. The zero-order valence-electron chi connectivity index (χ0n) is 18.4. The Morgan fingerprint density at radius 3 is 1.92 bits per heavy atom. The lowest BCUT2D eigenvalue weighted by molar-refractivity contribution is 0.0710. The van der Waals surface area contributed by atoms with Crippen LogP contribution in [0.3, 0.4) is 0 Å². The lowest BCUT2D eigenvalue weighted by Crippen LogP contribution is -2.46. The highest BCUT2D eigenvalue weighted by Gasteiger charge is 2.39. The maximum absolute atomic E-state index is 5.94. The van der Waals surface area contributed by atoms with Crippen molar-refractivity contribution in [2.75, 3.05) is 26.4 Å². The molecule has 0 spiro atoms. The van der Waals surface area contributed by atoms with Gasteiger partial charge in [0.1, 0.15) is 0 Å². The molecule has 0 aromatic rings. The Morgan fingerprint density at radius 2 is 1.42 bits per heavy atom. The molecule has 0 saturated heterocycles. The van der Waals surface area contributed by atoms with Crippen LogP contribution in [0.2, 0.25) is 6.04 Å². The molecule has 0 heterocycles. The number of hydrogen-bond donors (Lipinski definition) is 0. The first kappa shape index (κ1) is 25.8. The maximum atomic E-state index is 5.94. The Labute approximate surface area is 164 Å². The van der Waals surface area contributed by atoms with Gasteiger partial charge in [0.2, 0.25) is 0 Å². The second kappa shape index (κ2) is 16.9. The molecule has 0 amide bonds. The summed E-state index contributed by atoms with van der Waals surface area (Å²) >= 11 is 0. The third-order valence-corrected chi connectivity index (χ3v) is 7.67. The van der Waals surface area contributed by atoms with Gasteiger partial charge in [-0.05, 0) is 52.4 Å². The molecule has 0 aliphatic carbocycles. The van der Waals surface area contributed by atoms with Gasteiger partial charge in [-0.2, -0.15) is 0 Å². The molecule has 1 atom stereocenters. The molecule has 4 nitrogen and oxygen atoms in total. The minimum Gasteiger partial charge on any atom is -0.374 e. The van der Waals surface area contributed by atoms with Crippen LogP contribution in [0.4, 0.5) is 0 Å². The van der Waals surface area contributed by atoms with Gasteiger partial charge in [0.15, 0.2) is 0 Å². The van der Waals surface area contributed by atoms with Crippen LogP contribution in [0, 0.1) is 5.92 Å². The van der Waals surface area contributed by atoms with Crippen LogP contribution in [-0.2, 0) is 13.3 Å². The molecular formula is C21H45NO3Si.